The van der Waals surface area contributed by atoms with E-state index < -0.39 is 19.9 Å². The number of aryl methyl sites for hydroxylation is 1. The number of fused-ring (bicyclic) bond motifs is 5. The normalized spacial score (nSPS) is 19.8. The summed E-state index contributed by atoms with van der Waals surface area (Å²) in [5.74, 6) is -0.677. The summed E-state index contributed by atoms with van der Waals surface area (Å²) in [6.07, 6.45) is 2.20. The van der Waals surface area contributed by atoms with Crippen molar-refractivity contribution in [3.8, 4) is 11.4 Å². The van der Waals surface area contributed by atoms with Crippen LogP contribution in [0.15, 0.2) is 77.6 Å². The fourth-order valence-electron chi connectivity index (χ4n) is 9.34. The maximum absolute atomic E-state index is 14.2. The Balaban J connectivity index is 1.29. The highest BCUT2D eigenvalue weighted by Crippen LogP contribution is 2.49. The van der Waals surface area contributed by atoms with Gasteiger partial charge in [0.25, 0.3) is 13.9 Å². The predicted molar refractivity (Wildman–Crippen MR) is 211 cm³/mol. The van der Waals surface area contributed by atoms with E-state index in [1.54, 1.807) is 17.6 Å². The number of benzene rings is 3. The molecule has 0 amide bonds. The molecule has 8 rings (SSSR count). The van der Waals surface area contributed by atoms with E-state index in [0.29, 0.717) is 47.0 Å². The zero-order valence-corrected chi connectivity index (χ0v) is 32.7. The molecule has 0 unspecified atom stereocenters. The van der Waals surface area contributed by atoms with Gasteiger partial charge in [0, 0.05) is 28.1 Å². The second-order valence-electron chi connectivity index (χ2n) is 15.9. The van der Waals surface area contributed by atoms with Crippen LogP contribution in [0.3, 0.4) is 0 Å². The van der Waals surface area contributed by atoms with Gasteiger partial charge in [-0.2, -0.15) is 0 Å². The summed E-state index contributed by atoms with van der Waals surface area (Å²) in [7, 11) is -2.90. The standard InChI is InChI=1S/C43H46ClN3O5Si/c1-6-43(50)33-20-36-39-31(23-47(36)40(48)32(33)24-51-41(43)49)37-26(17-18-30-25(2)34(44)21-35(46-39)38(30)37)19-27(22-45)52-53(42(3,4)5,28-13-9-7-10-14-28)29-15-11-8-12-16-29/h7-16,20-21,26-27,50H,6,17-19,22-24,45H2,1-5H3/t26-,27-,43-/m0/s1. The minimum absolute atomic E-state index is 0.0613. The first-order valence-electron chi connectivity index (χ1n) is 18.6. The smallest absolute Gasteiger partial charge is 0.343 e. The number of pyridine rings is 2. The van der Waals surface area contributed by atoms with Gasteiger partial charge in [0.1, 0.15) is 6.61 Å². The van der Waals surface area contributed by atoms with E-state index in [2.05, 4.69) is 76.2 Å². The van der Waals surface area contributed by atoms with Crippen LogP contribution in [0.4, 0.5) is 0 Å². The van der Waals surface area contributed by atoms with E-state index in [-0.39, 0.29) is 35.6 Å². The van der Waals surface area contributed by atoms with Crippen molar-refractivity contribution in [3.05, 3.63) is 122 Å². The van der Waals surface area contributed by atoms with Gasteiger partial charge < -0.3 is 24.6 Å². The molecule has 10 heteroatoms. The zero-order chi connectivity index (χ0) is 37.4. The van der Waals surface area contributed by atoms with Crippen LogP contribution in [0.25, 0.3) is 22.3 Å². The maximum Gasteiger partial charge on any atom is 0.343 e. The third-order valence-corrected chi connectivity index (χ3v) is 17.6. The van der Waals surface area contributed by atoms with Gasteiger partial charge in [-0.3, -0.25) is 4.79 Å². The number of cyclic esters (lactones) is 1. The van der Waals surface area contributed by atoms with Crippen molar-refractivity contribution >= 4 is 47.2 Å². The van der Waals surface area contributed by atoms with E-state index in [1.165, 1.54) is 15.9 Å². The monoisotopic (exact) mass is 747 g/mol. The summed E-state index contributed by atoms with van der Waals surface area (Å²) in [6.45, 7) is 11.1. The van der Waals surface area contributed by atoms with Crippen LogP contribution in [-0.4, -0.2) is 41.6 Å². The number of esters is 1. The van der Waals surface area contributed by atoms with Crippen molar-refractivity contribution in [2.75, 3.05) is 6.54 Å². The third kappa shape index (κ3) is 5.38. The molecule has 0 saturated heterocycles. The minimum Gasteiger partial charge on any atom is -0.458 e. The molecule has 2 aromatic heterocycles. The van der Waals surface area contributed by atoms with Gasteiger partial charge in [0.15, 0.2) is 5.60 Å². The average Bonchev–Trinajstić information content (AvgIpc) is 3.53. The number of rotatable bonds is 8. The summed E-state index contributed by atoms with van der Waals surface area (Å²) >= 11 is 6.85. The van der Waals surface area contributed by atoms with Crippen LogP contribution in [0.5, 0.6) is 0 Å². The highest BCUT2D eigenvalue weighted by atomic mass is 35.5. The lowest BCUT2D eigenvalue weighted by atomic mass is 9.76. The number of carbonyl (C=O) groups is 1. The van der Waals surface area contributed by atoms with E-state index >= 15 is 0 Å². The Labute approximate surface area is 316 Å². The Bertz CT molecular complexity index is 2300. The number of nitrogens with zero attached hydrogens (tertiary/aromatic N) is 2. The summed E-state index contributed by atoms with van der Waals surface area (Å²) in [6, 6.07) is 25.0. The quantitative estimate of drug-likeness (QED) is 0.137. The number of halogens is 1. The fraction of sp³-hybridized carbons (Fsp3) is 0.372. The molecule has 0 saturated carbocycles. The minimum atomic E-state index is -2.90. The number of hydrogen-bond donors (Lipinski definition) is 2. The van der Waals surface area contributed by atoms with E-state index in [4.69, 9.17) is 31.5 Å². The summed E-state index contributed by atoms with van der Waals surface area (Å²) in [5, 5.41) is 15.4. The molecule has 0 bridgehead atoms. The first-order chi connectivity index (χ1) is 25.3. The van der Waals surface area contributed by atoms with Crippen molar-refractivity contribution in [3.63, 3.8) is 0 Å². The molecule has 3 N–H and O–H groups in total. The van der Waals surface area contributed by atoms with Gasteiger partial charge in [-0.1, -0.05) is 100.0 Å². The van der Waals surface area contributed by atoms with Gasteiger partial charge in [0.2, 0.25) is 0 Å². The predicted octanol–water partition coefficient (Wildman–Crippen LogP) is 6.37. The van der Waals surface area contributed by atoms with Crippen molar-refractivity contribution < 1.29 is 19.1 Å². The molecule has 274 valence electrons. The van der Waals surface area contributed by atoms with Gasteiger partial charge >= 0.3 is 5.97 Å². The highest BCUT2D eigenvalue weighted by Gasteiger charge is 2.52. The van der Waals surface area contributed by atoms with Gasteiger partial charge in [-0.15, -0.1) is 0 Å². The van der Waals surface area contributed by atoms with Crippen LogP contribution in [0.2, 0.25) is 10.1 Å². The second kappa shape index (κ2) is 13.0. The lowest BCUT2D eigenvalue weighted by Gasteiger charge is -2.45. The average molecular weight is 748 g/mol. The lowest BCUT2D eigenvalue weighted by molar-refractivity contribution is -0.172. The Morgan fingerprint density at radius 3 is 2.32 bits per heavy atom. The molecule has 2 aliphatic heterocycles. The van der Waals surface area contributed by atoms with Crippen LogP contribution in [0, 0.1) is 6.92 Å². The first-order valence-corrected chi connectivity index (χ1v) is 20.9. The Kier molecular flexibility index (Phi) is 8.82. The van der Waals surface area contributed by atoms with Crippen LogP contribution < -0.4 is 21.7 Å². The van der Waals surface area contributed by atoms with E-state index in [9.17, 15) is 14.7 Å². The molecular formula is C43H46ClN3O5Si. The van der Waals surface area contributed by atoms with Crippen LogP contribution in [-0.2, 0) is 39.1 Å². The number of nitrogens with two attached hydrogens (primary N) is 1. The molecule has 53 heavy (non-hydrogen) atoms. The number of aromatic nitrogens is 2. The third-order valence-electron chi connectivity index (χ3n) is 12.1. The summed E-state index contributed by atoms with van der Waals surface area (Å²) in [4.78, 5) is 32.2. The molecule has 8 nitrogen and oxygen atoms in total. The SMILES string of the molecule is CC[C@@]1(O)C(=O)OCc2c1cc1n(c2=O)Cc2c-1nc1cc(Cl)c(C)c3c1c2[C@H](C[C@@H](CN)O[Si](c1ccccc1)(c1ccccc1)C(C)(C)C)CC3. The van der Waals surface area contributed by atoms with E-state index in [1.807, 2.05) is 18.2 Å². The lowest BCUT2D eigenvalue weighted by Crippen LogP contribution is -2.68. The second-order valence-corrected chi connectivity index (χ2v) is 20.6. The molecule has 0 fully saturated rings. The largest absolute Gasteiger partial charge is 0.458 e. The Hall–Kier alpha value is -4.12. The molecule has 3 atom stereocenters. The van der Waals surface area contributed by atoms with Gasteiger partial charge in [0.05, 0.1) is 35.1 Å². The topological polar surface area (TPSA) is 117 Å². The van der Waals surface area contributed by atoms with Gasteiger partial charge in [-0.25, -0.2) is 9.78 Å². The number of carbonyl (C=O) groups excluding carboxylic acids is 1. The summed E-state index contributed by atoms with van der Waals surface area (Å²) in [5.41, 5.74) is 11.6. The van der Waals surface area contributed by atoms with Crippen molar-refractivity contribution in [1.82, 2.24) is 9.55 Å². The van der Waals surface area contributed by atoms with Crippen LogP contribution >= 0.6 is 11.6 Å². The van der Waals surface area contributed by atoms with Gasteiger partial charge in [-0.05, 0) is 82.8 Å². The van der Waals surface area contributed by atoms with E-state index in [0.717, 1.165) is 40.4 Å². The van der Waals surface area contributed by atoms with Crippen molar-refractivity contribution in [1.29, 1.82) is 0 Å². The molecule has 1 aliphatic carbocycles. The highest BCUT2D eigenvalue weighted by molar-refractivity contribution is 6.99. The molecule has 0 spiro atoms. The Morgan fingerprint density at radius 1 is 1.06 bits per heavy atom. The van der Waals surface area contributed by atoms with Crippen molar-refractivity contribution in [2.45, 2.75) is 96.1 Å². The first kappa shape index (κ1) is 35.9. The van der Waals surface area contributed by atoms with Crippen molar-refractivity contribution in [2.24, 2.45) is 5.73 Å². The fourth-order valence-corrected chi connectivity index (χ4v) is 14.3. The van der Waals surface area contributed by atoms with Crippen LogP contribution in [0.1, 0.15) is 86.3 Å². The zero-order valence-electron chi connectivity index (χ0n) is 31.0. The molecular weight excluding hydrogens is 702 g/mol. The number of ether oxygens (including phenoxy) is 1. The molecule has 5 aromatic rings. The number of aliphatic hydroxyl groups is 1. The number of hydrogen-bond acceptors (Lipinski definition) is 7. The molecule has 4 heterocycles. The molecule has 3 aromatic carbocycles. The Morgan fingerprint density at radius 2 is 1.72 bits per heavy atom. The molecule has 0 radical (unpaired) electrons. The molecule has 3 aliphatic rings. The summed E-state index contributed by atoms with van der Waals surface area (Å²) < 4.78 is 14.7. The maximum atomic E-state index is 14.2.